The number of carbonyl (C=O) groups excluding carboxylic acids is 1. The Morgan fingerprint density at radius 3 is 1.50 bits per heavy atom. The van der Waals surface area contributed by atoms with Gasteiger partial charge in [0.25, 0.3) is 0 Å². The van der Waals surface area contributed by atoms with Gasteiger partial charge in [-0.3, -0.25) is 4.79 Å². The highest BCUT2D eigenvalue weighted by Gasteiger charge is 1.81. The maximum Gasteiger partial charge on any atom is 0.302 e. The highest BCUT2D eigenvalue weighted by molar-refractivity contribution is 5.65. The standard InChI is InChI=1S/C4H8O2.C4H10O.H2O/c1-3-6-4(2)5;1-3-5-4-2;/h3H2,1-2H3;3-4H2,1-2H3;1H2. The normalized spacial score (nSPS) is 7.33. The lowest BCUT2D eigenvalue weighted by atomic mass is 10.8. The lowest BCUT2D eigenvalue weighted by Crippen LogP contribution is -1.95. The fourth-order valence-corrected chi connectivity index (χ4v) is 0.407. The number of hydrogen-bond donors (Lipinski definition) is 0. The second kappa shape index (κ2) is 16.8. The van der Waals surface area contributed by atoms with E-state index in [1.165, 1.54) is 6.92 Å². The molecule has 0 aromatic heterocycles. The summed E-state index contributed by atoms with van der Waals surface area (Å²) in [5.74, 6) is -0.211. The summed E-state index contributed by atoms with van der Waals surface area (Å²) in [4.78, 5) is 9.82. The first kappa shape index (κ1) is 17.5. The molecule has 0 bridgehead atoms. The van der Waals surface area contributed by atoms with Crippen molar-refractivity contribution in [1.82, 2.24) is 0 Å². The molecule has 0 fully saturated rings. The second-order valence-corrected chi connectivity index (χ2v) is 1.71. The second-order valence-electron chi connectivity index (χ2n) is 1.71. The van der Waals surface area contributed by atoms with Crippen LogP contribution in [0.2, 0.25) is 0 Å². The van der Waals surface area contributed by atoms with Crippen LogP contribution in [0.3, 0.4) is 0 Å². The van der Waals surface area contributed by atoms with Crippen LogP contribution in [-0.4, -0.2) is 31.3 Å². The van der Waals surface area contributed by atoms with Crippen molar-refractivity contribution >= 4 is 5.97 Å². The van der Waals surface area contributed by atoms with Gasteiger partial charge in [-0.1, -0.05) is 0 Å². The van der Waals surface area contributed by atoms with Crippen molar-refractivity contribution in [2.75, 3.05) is 19.8 Å². The molecule has 76 valence electrons. The van der Waals surface area contributed by atoms with E-state index in [1.807, 2.05) is 13.8 Å². The largest absolute Gasteiger partial charge is 0.466 e. The summed E-state index contributed by atoms with van der Waals surface area (Å²) in [5.41, 5.74) is 0. The average molecular weight is 180 g/mol. The third-order valence-electron chi connectivity index (χ3n) is 0.756. The Kier molecular flexibility index (Phi) is 24.4. The topological polar surface area (TPSA) is 67.0 Å². The monoisotopic (exact) mass is 180 g/mol. The third kappa shape index (κ3) is 34.3. The van der Waals surface area contributed by atoms with Crippen molar-refractivity contribution in [3.8, 4) is 0 Å². The van der Waals surface area contributed by atoms with Gasteiger partial charge in [-0.15, -0.1) is 0 Å². The van der Waals surface area contributed by atoms with Crippen LogP contribution in [0.5, 0.6) is 0 Å². The fourth-order valence-electron chi connectivity index (χ4n) is 0.407. The van der Waals surface area contributed by atoms with E-state index in [0.29, 0.717) is 6.61 Å². The molecule has 0 atom stereocenters. The van der Waals surface area contributed by atoms with Crippen molar-refractivity contribution in [1.29, 1.82) is 0 Å². The van der Waals surface area contributed by atoms with E-state index in [-0.39, 0.29) is 11.4 Å². The molecule has 0 heterocycles. The summed E-state index contributed by atoms with van der Waals surface area (Å²) >= 11 is 0. The van der Waals surface area contributed by atoms with Gasteiger partial charge in [-0.2, -0.15) is 0 Å². The van der Waals surface area contributed by atoms with Gasteiger partial charge in [0.05, 0.1) is 6.61 Å². The molecule has 0 aliphatic heterocycles. The number of carbonyl (C=O) groups is 1. The molecule has 12 heavy (non-hydrogen) atoms. The predicted molar refractivity (Wildman–Crippen MR) is 48.1 cm³/mol. The molecular formula is C8H20O4. The predicted octanol–water partition coefficient (Wildman–Crippen LogP) is 0.787. The molecule has 0 saturated carbocycles. The molecule has 4 heteroatoms. The van der Waals surface area contributed by atoms with Crippen molar-refractivity contribution in [3.63, 3.8) is 0 Å². The Bertz CT molecular complexity index is 81.1. The summed E-state index contributed by atoms with van der Waals surface area (Å²) in [6.45, 7) is 9.32. The minimum Gasteiger partial charge on any atom is -0.466 e. The first-order chi connectivity index (χ1) is 5.18. The highest BCUT2D eigenvalue weighted by atomic mass is 16.5. The van der Waals surface area contributed by atoms with Gasteiger partial charge < -0.3 is 14.9 Å². The lowest BCUT2D eigenvalue weighted by Gasteiger charge is -1.89. The van der Waals surface area contributed by atoms with Crippen LogP contribution < -0.4 is 0 Å². The van der Waals surface area contributed by atoms with Crippen molar-refractivity contribution in [2.45, 2.75) is 27.7 Å². The summed E-state index contributed by atoms with van der Waals surface area (Å²) in [5, 5.41) is 0. The number of hydrogen-bond acceptors (Lipinski definition) is 3. The van der Waals surface area contributed by atoms with E-state index in [2.05, 4.69) is 4.74 Å². The quantitative estimate of drug-likeness (QED) is 0.603. The summed E-state index contributed by atoms with van der Waals surface area (Å²) in [6.07, 6.45) is 0. The van der Waals surface area contributed by atoms with Crippen molar-refractivity contribution < 1.29 is 19.7 Å². The SMILES string of the molecule is CCOC(C)=O.CCOCC.O. The van der Waals surface area contributed by atoms with E-state index in [4.69, 9.17) is 4.74 Å². The molecular weight excluding hydrogens is 160 g/mol. The first-order valence-electron chi connectivity index (χ1n) is 3.90. The molecule has 0 aromatic carbocycles. The minimum atomic E-state index is -0.211. The Balaban J connectivity index is -0.000000126. The molecule has 0 saturated heterocycles. The molecule has 0 aliphatic carbocycles. The van der Waals surface area contributed by atoms with E-state index >= 15 is 0 Å². The third-order valence-corrected chi connectivity index (χ3v) is 0.756. The zero-order valence-electron chi connectivity index (χ0n) is 8.35. The van der Waals surface area contributed by atoms with Gasteiger partial charge in [-0.05, 0) is 20.8 Å². The van der Waals surface area contributed by atoms with Crippen molar-refractivity contribution in [3.05, 3.63) is 0 Å². The first-order valence-corrected chi connectivity index (χ1v) is 3.90. The zero-order chi connectivity index (χ0) is 9.11. The smallest absolute Gasteiger partial charge is 0.302 e. The zero-order valence-corrected chi connectivity index (χ0v) is 8.35. The molecule has 0 aromatic rings. The molecule has 0 aliphatic rings. The van der Waals surface area contributed by atoms with E-state index in [1.54, 1.807) is 6.92 Å². The van der Waals surface area contributed by atoms with Gasteiger partial charge in [0, 0.05) is 20.1 Å². The summed E-state index contributed by atoms with van der Waals surface area (Å²) < 4.78 is 9.24. The maximum absolute atomic E-state index is 9.82. The fraction of sp³-hybridized carbons (Fsp3) is 0.875. The highest BCUT2D eigenvalue weighted by Crippen LogP contribution is 1.69. The van der Waals surface area contributed by atoms with Gasteiger partial charge >= 0.3 is 5.97 Å². The Hall–Kier alpha value is -0.610. The minimum absolute atomic E-state index is 0. The van der Waals surface area contributed by atoms with Crippen LogP contribution in [0.15, 0.2) is 0 Å². The van der Waals surface area contributed by atoms with Gasteiger partial charge in [0.2, 0.25) is 0 Å². The molecule has 0 rings (SSSR count). The van der Waals surface area contributed by atoms with Crippen LogP contribution in [0.25, 0.3) is 0 Å². The molecule has 0 radical (unpaired) electrons. The molecule has 0 spiro atoms. The van der Waals surface area contributed by atoms with Crippen LogP contribution >= 0.6 is 0 Å². The average Bonchev–Trinajstić information content (AvgIpc) is 1.90. The van der Waals surface area contributed by atoms with Crippen LogP contribution in [0.1, 0.15) is 27.7 Å². The van der Waals surface area contributed by atoms with E-state index in [9.17, 15) is 4.79 Å². The van der Waals surface area contributed by atoms with Gasteiger partial charge in [0.15, 0.2) is 0 Å². The Morgan fingerprint density at radius 1 is 1.08 bits per heavy atom. The molecule has 0 amide bonds. The molecule has 0 unspecified atom stereocenters. The lowest BCUT2D eigenvalue weighted by molar-refractivity contribution is -0.140. The number of esters is 1. The Morgan fingerprint density at radius 2 is 1.50 bits per heavy atom. The van der Waals surface area contributed by atoms with Crippen molar-refractivity contribution in [2.24, 2.45) is 0 Å². The molecule has 2 N–H and O–H groups in total. The maximum atomic E-state index is 9.82. The van der Waals surface area contributed by atoms with Gasteiger partial charge in [0.1, 0.15) is 0 Å². The number of ether oxygens (including phenoxy) is 2. The van der Waals surface area contributed by atoms with E-state index in [0.717, 1.165) is 13.2 Å². The van der Waals surface area contributed by atoms with E-state index < -0.39 is 0 Å². The number of rotatable bonds is 3. The van der Waals surface area contributed by atoms with Gasteiger partial charge in [-0.25, -0.2) is 0 Å². The van der Waals surface area contributed by atoms with Crippen LogP contribution in [0, 0.1) is 0 Å². The summed E-state index contributed by atoms with van der Waals surface area (Å²) in [7, 11) is 0. The van der Waals surface area contributed by atoms with Crippen LogP contribution in [0.4, 0.5) is 0 Å². The van der Waals surface area contributed by atoms with Crippen LogP contribution in [-0.2, 0) is 14.3 Å². The Labute approximate surface area is 74.2 Å². The molecule has 4 nitrogen and oxygen atoms in total. The summed E-state index contributed by atoms with van der Waals surface area (Å²) in [6, 6.07) is 0.